The Morgan fingerprint density at radius 2 is 1.85 bits per heavy atom. The van der Waals surface area contributed by atoms with Crippen molar-refractivity contribution in [2.75, 3.05) is 31.1 Å². The van der Waals surface area contributed by atoms with Gasteiger partial charge in [-0.2, -0.15) is 13.2 Å². The molecule has 138 valence electrons. The van der Waals surface area contributed by atoms with Gasteiger partial charge in [-0.1, -0.05) is 0 Å². The van der Waals surface area contributed by atoms with Gasteiger partial charge in [0.2, 0.25) is 0 Å². The quantitative estimate of drug-likeness (QED) is 0.732. The molecule has 2 aromatic rings. The van der Waals surface area contributed by atoms with E-state index in [1.54, 1.807) is 29.4 Å². The Balaban J connectivity index is 1.72. The molecule has 1 fully saturated rings. The summed E-state index contributed by atoms with van der Waals surface area (Å²) in [4.78, 5) is 24.1. The summed E-state index contributed by atoms with van der Waals surface area (Å²) >= 11 is 3.19. The zero-order chi connectivity index (χ0) is 18.7. The zero-order valence-electron chi connectivity index (χ0n) is 13.7. The van der Waals surface area contributed by atoms with Gasteiger partial charge in [0.25, 0.3) is 5.91 Å². The number of rotatable bonds is 2. The van der Waals surface area contributed by atoms with Crippen molar-refractivity contribution < 1.29 is 18.0 Å². The molecule has 0 spiro atoms. The number of pyridine rings is 2. The van der Waals surface area contributed by atoms with E-state index in [9.17, 15) is 18.0 Å². The van der Waals surface area contributed by atoms with E-state index < -0.39 is 11.7 Å². The second-order valence-electron chi connectivity index (χ2n) is 5.90. The minimum absolute atomic E-state index is 0.0753. The summed E-state index contributed by atoms with van der Waals surface area (Å²) in [5.74, 6) is 0.380. The minimum Gasteiger partial charge on any atom is -0.354 e. The lowest BCUT2D eigenvalue weighted by Crippen LogP contribution is -2.35. The zero-order valence-corrected chi connectivity index (χ0v) is 15.3. The molecule has 0 saturated carbocycles. The molecule has 3 heterocycles. The van der Waals surface area contributed by atoms with Gasteiger partial charge in [0.15, 0.2) is 0 Å². The van der Waals surface area contributed by atoms with Crippen molar-refractivity contribution in [3.63, 3.8) is 0 Å². The maximum absolute atomic E-state index is 12.8. The minimum atomic E-state index is -4.43. The number of halogens is 4. The number of anilines is 1. The van der Waals surface area contributed by atoms with Crippen LogP contribution in [-0.2, 0) is 6.18 Å². The van der Waals surface area contributed by atoms with Gasteiger partial charge in [-0.25, -0.2) is 4.98 Å². The summed E-state index contributed by atoms with van der Waals surface area (Å²) in [5.41, 5.74) is -0.222. The number of hydrogen-bond acceptors (Lipinski definition) is 4. The average molecular weight is 429 g/mol. The van der Waals surface area contributed by atoms with Crippen LogP contribution in [0.1, 0.15) is 22.3 Å². The first-order valence-electron chi connectivity index (χ1n) is 8.03. The predicted molar refractivity (Wildman–Crippen MR) is 93.9 cm³/mol. The summed E-state index contributed by atoms with van der Waals surface area (Å²) in [7, 11) is 0. The summed E-state index contributed by atoms with van der Waals surface area (Å²) in [6, 6.07) is 4.37. The van der Waals surface area contributed by atoms with Gasteiger partial charge in [-0.05, 0) is 40.5 Å². The molecular formula is C17H16BrF3N4O. The van der Waals surface area contributed by atoms with E-state index in [-0.39, 0.29) is 5.91 Å². The van der Waals surface area contributed by atoms with Gasteiger partial charge < -0.3 is 9.80 Å². The molecule has 3 rings (SSSR count). The smallest absolute Gasteiger partial charge is 0.354 e. The Bertz CT molecular complexity index is 785. The van der Waals surface area contributed by atoms with E-state index in [0.29, 0.717) is 48.5 Å². The fraction of sp³-hybridized carbons (Fsp3) is 0.353. The van der Waals surface area contributed by atoms with E-state index in [2.05, 4.69) is 25.9 Å². The van der Waals surface area contributed by atoms with Gasteiger partial charge in [0.1, 0.15) is 5.82 Å². The Morgan fingerprint density at radius 3 is 2.50 bits per heavy atom. The van der Waals surface area contributed by atoms with Crippen LogP contribution in [0.4, 0.5) is 19.0 Å². The average Bonchev–Trinajstić information content (AvgIpc) is 2.87. The molecule has 0 aliphatic carbocycles. The van der Waals surface area contributed by atoms with Crippen molar-refractivity contribution in [2.24, 2.45) is 0 Å². The van der Waals surface area contributed by atoms with Crippen molar-refractivity contribution in [1.82, 2.24) is 14.9 Å². The number of alkyl halides is 3. The van der Waals surface area contributed by atoms with Crippen molar-refractivity contribution in [2.45, 2.75) is 12.6 Å². The SMILES string of the molecule is O=C(c1ccncc1)N1CCCN(c2ncc(C(F)(F)F)cc2Br)CC1. The van der Waals surface area contributed by atoms with Crippen LogP contribution >= 0.6 is 15.9 Å². The van der Waals surface area contributed by atoms with Crippen LogP contribution in [-0.4, -0.2) is 47.0 Å². The standard InChI is InChI=1S/C17H16BrF3N4O/c18-14-10-13(17(19,20)21)11-23-15(14)24-6-1-7-25(9-8-24)16(26)12-2-4-22-5-3-12/h2-5,10-11H,1,6-9H2. The maximum atomic E-state index is 12.8. The normalized spacial score (nSPS) is 15.7. The molecule has 5 nitrogen and oxygen atoms in total. The van der Waals surface area contributed by atoms with Crippen LogP contribution in [0.25, 0.3) is 0 Å². The van der Waals surface area contributed by atoms with E-state index in [1.807, 2.05) is 4.90 Å². The van der Waals surface area contributed by atoms with Gasteiger partial charge in [-0.3, -0.25) is 9.78 Å². The number of carbonyl (C=O) groups is 1. The van der Waals surface area contributed by atoms with E-state index >= 15 is 0 Å². The number of aromatic nitrogens is 2. The Morgan fingerprint density at radius 1 is 1.12 bits per heavy atom. The first-order chi connectivity index (χ1) is 12.4. The molecule has 2 aromatic heterocycles. The maximum Gasteiger partial charge on any atom is 0.417 e. The second-order valence-corrected chi connectivity index (χ2v) is 6.75. The second kappa shape index (κ2) is 7.61. The van der Waals surface area contributed by atoms with Crippen LogP contribution in [0.2, 0.25) is 0 Å². The summed E-state index contributed by atoms with van der Waals surface area (Å²) in [5, 5.41) is 0. The summed E-state index contributed by atoms with van der Waals surface area (Å²) in [6.45, 7) is 2.15. The molecule has 0 bridgehead atoms. The topological polar surface area (TPSA) is 49.3 Å². The van der Waals surface area contributed by atoms with Crippen LogP contribution in [0.15, 0.2) is 41.3 Å². The number of hydrogen-bond donors (Lipinski definition) is 0. The third-order valence-corrected chi connectivity index (χ3v) is 4.74. The molecule has 1 saturated heterocycles. The monoisotopic (exact) mass is 428 g/mol. The van der Waals surface area contributed by atoms with Crippen LogP contribution in [0.5, 0.6) is 0 Å². The molecule has 26 heavy (non-hydrogen) atoms. The van der Waals surface area contributed by atoms with Crippen molar-refractivity contribution in [1.29, 1.82) is 0 Å². The highest BCUT2D eigenvalue weighted by Crippen LogP contribution is 2.33. The lowest BCUT2D eigenvalue weighted by molar-refractivity contribution is -0.137. The third-order valence-electron chi connectivity index (χ3n) is 4.16. The highest BCUT2D eigenvalue weighted by atomic mass is 79.9. The lowest BCUT2D eigenvalue weighted by Gasteiger charge is -2.24. The summed E-state index contributed by atoms with van der Waals surface area (Å²) < 4.78 is 38.6. The Hall–Kier alpha value is -2.16. The molecule has 0 unspecified atom stereocenters. The first kappa shape index (κ1) is 18.6. The largest absolute Gasteiger partial charge is 0.417 e. The molecule has 9 heteroatoms. The molecular weight excluding hydrogens is 413 g/mol. The summed E-state index contributed by atoms with van der Waals surface area (Å²) in [6.07, 6.45) is 0.249. The number of carbonyl (C=O) groups excluding carboxylic acids is 1. The molecule has 0 radical (unpaired) electrons. The van der Waals surface area contributed by atoms with Crippen molar-refractivity contribution >= 4 is 27.7 Å². The van der Waals surface area contributed by atoms with Gasteiger partial charge in [0.05, 0.1) is 10.0 Å². The fourth-order valence-electron chi connectivity index (χ4n) is 2.83. The van der Waals surface area contributed by atoms with Crippen LogP contribution in [0, 0.1) is 0 Å². The predicted octanol–water partition coefficient (Wildman–Crippen LogP) is 3.61. The van der Waals surface area contributed by atoms with Crippen LogP contribution < -0.4 is 4.90 Å². The number of nitrogens with zero attached hydrogens (tertiary/aromatic N) is 4. The van der Waals surface area contributed by atoms with E-state index in [4.69, 9.17) is 0 Å². The fourth-order valence-corrected chi connectivity index (χ4v) is 3.43. The molecule has 0 aromatic carbocycles. The lowest BCUT2D eigenvalue weighted by atomic mass is 10.2. The van der Waals surface area contributed by atoms with Gasteiger partial charge in [0, 0.05) is 50.3 Å². The number of amides is 1. The molecule has 0 atom stereocenters. The van der Waals surface area contributed by atoms with Gasteiger partial charge in [-0.15, -0.1) is 0 Å². The van der Waals surface area contributed by atoms with E-state index in [0.717, 1.165) is 12.3 Å². The Labute approximate surface area is 157 Å². The molecule has 1 aliphatic heterocycles. The Kier molecular flexibility index (Phi) is 5.45. The molecule has 1 amide bonds. The first-order valence-corrected chi connectivity index (χ1v) is 8.82. The third kappa shape index (κ3) is 4.14. The van der Waals surface area contributed by atoms with Crippen molar-refractivity contribution in [3.05, 3.63) is 52.4 Å². The molecule has 1 aliphatic rings. The molecule has 0 N–H and O–H groups in total. The highest BCUT2D eigenvalue weighted by molar-refractivity contribution is 9.10. The van der Waals surface area contributed by atoms with E-state index in [1.165, 1.54) is 0 Å². The highest BCUT2D eigenvalue weighted by Gasteiger charge is 2.32. The van der Waals surface area contributed by atoms with Gasteiger partial charge >= 0.3 is 6.18 Å². The van der Waals surface area contributed by atoms with Crippen LogP contribution in [0.3, 0.4) is 0 Å². The van der Waals surface area contributed by atoms with Crippen molar-refractivity contribution in [3.8, 4) is 0 Å².